The van der Waals surface area contributed by atoms with Crippen molar-refractivity contribution in [1.82, 2.24) is 9.55 Å². The van der Waals surface area contributed by atoms with Crippen molar-refractivity contribution in [2.75, 3.05) is 0 Å². The Morgan fingerprint density at radius 3 is 3.50 bits per heavy atom. The summed E-state index contributed by atoms with van der Waals surface area (Å²) in [6.07, 6.45) is 6.10. The molecule has 0 saturated carbocycles. The van der Waals surface area contributed by atoms with Crippen LogP contribution in [0.4, 0.5) is 0 Å². The lowest BCUT2D eigenvalue weighted by Gasteiger charge is -2.18. The van der Waals surface area contributed by atoms with Gasteiger partial charge in [-0.3, -0.25) is 0 Å². The molecule has 1 aliphatic rings. The maximum absolute atomic E-state index is 4.41. The van der Waals surface area contributed by atoms with Gasteiger partial charge in [0.1, 0.15) is 5.82 Å². The third-order valence-corrected chi connectivity index (χ3v) is 2.36. The maximum atomic E-state index is 4.41. The second kappa shape index (κ2) is 2.31. The van der Waals surface area contributed by atoms with Gasteiger partial charge in [-0.25, -0.2) is 4.98 Å². The molecular weight excluding hydrogens is 144 g/mol. The van der Waals surface area contributed by atoms with E-state index in [0.717, 1.165) is 13.0 Å². The van der Waals surface area contributed by atoms with E-state index in [1.54, 1.807) is 0 Å². The summed E-state index contributed by atoms with van der Waals surface area (Å²) < 4.78 is 2.20. The van der Waals surface area contributed by atoms with Crippen LogP contribution in [0.2, 0.25) is 0 Å². The summed E-state index contributed by atoms with van der Waals surface area (Å²) in [5, 5.41) is 0.523. The maximum Gasteiger partial charge on any atom is 0.109 e. The van der Waals surface area contributed by atoms with Crippen molar-refractivity contribution >= 4 is 12.6 Å². The van der Waals surface area contributed by atoms with Gasteiger partial charge in [-0.2, -0.15) is 12.6 Å². The summed E-state index contributed by atoms with van der Waals surface area (Å²) in [6, 6.07) is 0. The molecule has 54 valence electrons. The Bertz CT molecular complexity index is 231. The fourth-order valence-corrected chi connectivity index (χ4v) is 1.61. The number of nitrogens with zero attached hydrogens (tertiary/aromatic N) is 2. The van der Waals surface area contributed by atoms with Crippen LogP contribution in [0.5, 0.6) is 0 Å². The molecule has 0 fully saturated rings. The highest BCUT2D eigenvalue weighted by Gasteiger charge is 2.14. The van der Waals surface area contributed by atoms with E-state index in [9.17, 15) is 0 Å². The van der Waals surface area contributed by atoms with E-state index in [2.05, 4.69) is 22.2 Å². The quantitative estimate of drug-likeness (QED) is 0.555. The van der Waals surface area contributed by atoms with Crippen molar-refractivity contribution in [3.05, 3.63) is 18.2 Å². The van der Waals surface area contributed by atoms with E-state index in [-0.39, 0.29) is 0 Å². The number of fused-ring (bicyclic) bond motifs is 1. The zero-order valence-corrected chi connectivity index (χ0v) is 6.59. The summed E-state index contributed by atoms with van der Waals surface area (Å²) in [4.78, 5) is 4.22. The van der Waals surface area contributed by atoms with Gasteiger partial charge in [0.15, 0.2) is 0 Å². The van der Waals surface area contributed by atoms with Gasteiger partial charge in [0.05, 0.1) is 0 Å². The Kier molecular flexibility index (Phi) is 1.45. The molecule has 3 heteroatoms. The Morgan fingerprint density at radius 1 is 1.70 bits per heavy atom. The van der Waals surface area contributed by atoms with Crippen molar-refractivity contribution in [3.63, 3.8) is 0 Å². The molecule has 1 aromatic rings. The van der Waals surface area contributed by atoms with Crippen molar-refractivity contribution in [2.24, 2.45) is 0 Å². The zero-order valence-electron chi connectivity index (χ0n) is 5.70. The second-order valence-corrected chi connectivity index (χ2v) is 3.41. The number of aryl methyl sites for hydroxylation is 1. The summed E-state index contributed by atoms with van der Waals surface area (Å²) in [5.74, 6) is 1.19. The summed E-state index contributed by atoms with van der Waals surface area (Å²) in [7, 11) is 0. The molecule has 0 amide bonds. The molecule has 0 aromatic carbocycles. The van der Waals surface area contributed by atoms with Gasteiger partial charge in [-0.15, -0.1) is 0 Å². The van der Waals surface area contributed by atoms with Gasteiger partial charge in [-0.05, 0) is 6.42 Å². The zero-order chi connectivity index (χ0) is 6.97. The molecular formula is C7H10N2S. The first kappa shape index (κ1) is 6.28. The van der Waals surface area contributed by atoms with Crippen LogP contribution in [-0.2, 0) is 13.0 Å². The molecule has 2 heterocycles. The van der Waals surface area contributed by atoms with Gasteiger partial charge >= 0.3 is 0 Å². The van der Waals surface area contributed by atoms with Crippen LogP contribution >= 0.6 is 12.6 Å². The van der Waals surface area contributed by atoms with Gasteiger partial charge < -0.3 is 4.57 Å². The molecule has 0 saturated heterocycles. The molecule has 1 atom stereocenters. The van der Waals surface area contributed by atoms with E-state index < -0.39 is 0 Å². The first-order valence-electron chi connectivity index (χ1n) is 3.54. The van der Waals surface area contributed by atoms with Gasteiger partial charge in [0.25, 0.3) is 0 Å². The molecule has 0 bridgehead atoms. The Morgan fingerprint density at radius 2 is 2.60 bits per heavy atom. The monoisotopic (exact) mass is 154 g/mol. The predicted octanol–water partition coefficient (Wildman–Crippen LogP) is 1.13. The van der Waals surface area contributed by atoms with E-state index >= 15 is 0 Å². The predicted molar refractivity (Wildman–Crippen MR) is 43.3 cm³/mol. The van der Waals surface area contributed by atoms with Crippen molar-refractivity contribution in [3.8, 4) is 0 Å². The number of imidazole rings is 1. The van der Waals surface area contributed by atoms with E-state index in [4.69, 9.17) is 0 Å². The van der Waals surface area contributed by atoms with Gasteiger partial charge in [0, 0.05) is 30.6 Å². The van der Waals surface area contributed by atoms with Crippen molar-refractivity contribution in [1.29, 1.82) is 0 Å². The Balaban J connectivity index is 2.30. The molecule has 1 aromatic heterocycles. The van der Waals surface area contributed by atoms with Crippen LogP contribution in [-0.4, -0.2) is 14.8 Å². The molecule has 10 heavy (non-hydrogen) atoms. The van der Waals surface area contributed by atoms with Crippen LogP contribution < -0.4 is 0 Å². The third kappa shape index (κ3) is 0.944. The standard InChI is InChI=1S/C7H10N2S/c10-6-1-3-9-4-2-8-7(9)5-6/h2,4,6,10H,1,3,5H2. The first-order chi connectivity index (χ1) is 4.86. The van der Waals surface area contributed by atoms with Crippen LogP contribution in [0.3, 0.4) is 0 Å². The number of thiol groups is 1. The van der Waals surface area contributed by atoms with Crippen LogP contribution in [0.25, 0.3) is 0 Å². The molecule has 0 radical (unpaired) electrons. The molecule has 2 rings (SSSR count). The van der Waals surface area contributed by atoms with E-state index in [1.165, 1.54) is 12.2 Å². The van der Waals surface area contributed by atoms with Crippen LogP contribution in [0.1, 0.15) is 12.2 Å². The first-order valence-corrected chi connectivity index (χ1v) is 4.06. The third-order valence-electron chi connectivity index (χ3n) is 1.92. The van der Waals surface area contributed by atoms with E-state index in [1.807, 2.05) is 12.4 Å². The fourth-order valence-electron chi connectivity index (χ4n) is 1.33. The summed E-state index contributed by atoms with van der Waals surface area (Å²) >= 11 is 4.41. The molecule has 2 nitrogen and oxygen atoms in total. The summed E-state index contributed by atoms with van der Waals surface area (Å²) in [5.41, 5.74) is 0. The Labute approximate surface area is 65.7 Å². The SMILES string of the molecule is SC1CCn2ccnc2C1. The van der Waals surface area contributed by atoms with Gasteiger partial charge in [0.2, 0.25) is 0 Å². The minimum atomic E-state index is 0.523. The molecule has 1 aliphatic heterocycles. The summed E-state index contributed by atoms with van der Waals surface area (Å²) in [6.45, 7) is 1.09. The number of rotatable bonds is 0. The van der Waals surface area contributed by atoms with Crippen LogP contribution in [0, 0.1) is 0 Å². The number of hydrogen-bond donors (Lipinski definition) is 1. The topological polar surface area (TPSA) is 17.8 Å². The Hall–Kier alpha value is -0.440. The average molecular weight is 154 g/mol. The lowest BCUT2D eigenvalue weighted by molar-refractivity contribution is 0.534. The lowest BCUT2D eigenvalue weighted by atomic mass is 10.1. The van der Waals surface area contributed by atoms with Crippen molar-refractivity contribution in [2.45, 2.75) is 24.6 Å². The van der Waals surface area contributed by atoms with Crippen LogP contribution in [0.15, 0.2) is 12.4 Å². The molecule has 0 N–H and O–H groups in total. The highest BCUT2D eigenvalue weighted by molar-refractivity contribution is 7.80. The number of hydrogen-bond acceptors (Lipinski definition) is 2. The highest BCUT2D eigenvalue weighted by atomic mass is 32.1. The minimum absolute atomic E-state index is 0.523. The highest BCUT2D eigenvalue weighted by Crippen LogP contribution is 2.16. The molecule has 0 spiro atoms. The largest absolute Gasteiger partial charge is 0.335 e. The molecule has 0 aliphatic carbocycles. The van der Waals surface area contributed by atoms with E-state index in [0.29, 0.717) is 5.25 Å². The second-order valence-electron chi connectivity index (χ2n) is 2.68. The number of aromatic nitrogens is 2. The molecule has 1 unspecified atom stereocenters. The van der Waals surface area contributed by atoms with Crippen molar-refractivity contribution < 1.29 is 0 Å². The lowest BCUT2D eigenvalue weighted by Crippen LogP contribution is -2.18. The average Bonchev–Trinajstić information content (AvgIpc) is 2.33. The normalized spacial score (nSPS) is 24.3. The minimum Gasteiger partial charge on any atom is -0.335 e. The fraction of sp³-hybridized carbons (Fsp3) is 0.571. The van der Waals surface area contributed by atoms with Gasteiger partial charge in [-0.1, -0.05) is 0 Å². The smallest absolute Gasteiger partial charge is 0.109 e.